The lowest BCUT2D eigenvalue weighted by Crippen LogP contribution is -2.02. The first-order valence-corrected chi connectivity index (χ1v) is 7.41. The smallest absolute Gasteiger partial charge is 0.164 e. The molecule has 0 amide bonds. The molecule has 2 aromatic heterocycles. The van der Waals surface area contributed by atoms with Crippen molar-refractivity contribution in [1.29, 1.82) is 0 Å². The average molecular weight is 384 g/mol. The maximum Gasteiger partial charge on any atom is 0.164 e. The highest BCUT2D eigenvalue weighted by molar-refractivity contribution is 14.1. The van der Waals surface area contributed by atoms with Crippen molar-refractivity contribution in [3.05, 3.63) is 52.0 Å². The third-order valence-electron chi connectivity index (χ3n) is 2.86. The van der Waals surface area contributed by atoms with Crippen LogP contribution in [0.1, 0.15) is 18.1 Å². The van der Waals surface area contributed by atoms with Gasteiger partial charge < -0.3 is 0 Å². The van der Waals surface area contributed by atoms with Crippen molar-refractivity contribution >= 4 is 45.4 Å². The molecule has 0 N–H and O–H groups in total. The Morgan fingerprint density at radius 2 is 2.11 bits per heavy atom. The van der Waals surface area contributed by atoms with Gasteiger partial charge in [0.2, 0.25) is 0 Å². The van der Waals surface area contributed by atoms with Crippen molar-refractivity contribution in [2.45, 2.75) is 12.3 Å². The van der Waals surface area contributed by atoms with Crippen LogP contribution in [0.2, 0.25) is 0 Å². The molecule has 5 heteroatoms. The second kappa shape index (κ2) is 5.09. The first-order chi connectivity index (χ1) is 9.16. The van der Waals surface area contributed by atoms with E-state index >= 15 is 0 Å². The average Bonchev–Trinajstić information content (AvgIpc) is 2.78. The Bertz CT molecular complexity index is 736. The van der Waals surface area contributed by atoms with Gasteiger partial charge in [0.25, 0.3) is 0 Å². The molecule has 3 nitrogen and oxygen atoms in total. The second-order valence-electron chi connectivity index (χ2n) is 4.25. The van der Waals surface area contributed by atoms with Gasteiger partial charge in [0.1, 0.15) is 11.3 Å². The molecule has 1 unspecified atom stereocenters. The zero-order valence-corrected chi connectivity index (χ0v) is 13.1. The standard InChI is InChI=1S/C14H11ClIN3/c1-9(15)13-18-12-6-3-7-17-14(12)19(13)11-5-2-4-10(16)8-11/h2-9H,1H3. The zero-order valence-electron chi connectivity index (χ0n) is 10.2. The van der Waals surface area contributed by atoms with Crippen LogP contribution in [0.4, 0.5) is 0 Å². The van der Waals surface area contributed by atoms with Crippen molar-refractivity contribution in [2.75, 3.05) is 0 Å². The summed E-state index contributed by atoms with van der Waals surface area (Å²) in [6.45, 7) is 1.92. The largest absolute Gasteiger partial charge is 0.279 e. The molecule has 1 atom stereocenters. The number of pyridine rings is 1. The lowest BCUT2D eigenvalue weighted by atomic mass is 10.3. The molecule has 2 heterocycles. The molecule has 3 aromatic rings. The number of halogens is 2. The van der Waals surface area contributed by atoms with Gasteiger partial charge in [-0.15, -0.1) is 11.6 Å². The van der Waals surface area contributed by atoms with Gasteiger partial charge in [-0.05, 0) is 59.8 Å². The third kappa shape index (κ3) is 2.34. The van der Waals surface area contributed by atoms with Gasteiger partial charge in [0.15, 0.2) is 5.65 Å². The Balaban J connectivity index is 2.34. The minimum atomic E-state index is -0.174. The zero-order chi connectivity index (χ0) is 13.4. The summed E-state index contributed by atoms with van der Waals surface area (Å²) in [7, 11) is 0. The van der Waals surface area contributed by atoms with Crippen LogP contribution in [0.3, 0.4) is 0 Å². The third-order valence-corrected chi connectivity index (χ3v) is 3.73. The molecule has 0 spiro atoms. The summed E-state index contributed by atoms with van der Waals surface area (Å²) in [5.74, 6) is 0.817. The molecule has 0 bridgehead atoms. The summed E-state index contributed by atoms with van der Waals surface area (Å²) in [4.78, 5) is 9.01. The lowest BCUT2D eigenvalue weighted by Gasteiger charge is -2.10. The fourth-order valence-electron chi connectivity index (χ4n) is 2.07. The number of alkyl halides is 1. The highest BCUT2D eigenvalue weighted by Crippen LogP contribution is 2.27. The van der Waals surface area contributed by atoms with E-state index in [2.05, 4.69) is 44.7 Å². The summed E-state index contributed by atoms with van der Waals surface area (Å²) < 4.78 is 3.19. The van der Waals surface area contributed by atoms with Crippen molar-refractivity contribution in [3.8, 4) is 5.69 Å². The topological polar surface area (TPSA) is 30.7 Å². The summed E-state index contributed by atoms with van der Waals surface area (Å²) >= 11 is 8.55. The number of imidazole rings is 1. The van der Waals surface area contributed by atoms with Crippen molar-refractivity contribution in [2.24, 2.45) is 0 Å². The number of hydrogen-bond donors (Lipinski definition) is 0. The van der Waals surface area contributed by atoms with Gasteiger partial charge in [-0.25, -0.2) is 9.97 Å². The van der Waals surface area contributed by atoms with Crippen LogP contribution in [0.15, 0.2) is 42.6 Å². The van der Waals surface area contributed by atoms with Crippen LogP contribution < -0.4 is 0 Å². The van der Waals surface area contributed by atoms with Gasteiger partial charge in [-0.1, -0.05) is 6.07 Å². The Morgan fingerprint density at radius 1 is 1.26 bits per heavy atom. The van der Waals surface area contributed by atoms with Gasteiger partial charge in [-0.2, -0.15) is 0 Å². The normalized spacial score (nSPS) is 12.8. The predicted octanol–water partition coefficient (Wildman–Crippen LogP) is 4.32. The van der Waals surface area contributed by atoms with E-state index in [9.17, 15) is 0 Å². The van der Waals surface area contributed by atoms with Crippen LogP contribution in [-0.4, -0.2) is 14.5 Å². The summed E-state index contributed by atoms with van der Waals surface area (Å²) in [5, 5.41) is -0.174. The molecule has 0 aliphatic carbocycles. The van der Waals surface area contributed by atoms with Gasteiger partial charge >= 0.3 is 0 Å². The molecular weight excluding hydrogens is 373 g/mol. The molecular formula is C14H11ClIN3. The number of benzene rings is 1. The molecule has 0 fully saturated rings. The van der Waals surface area contributed by atoms with Crippen LogP contribution >= 0.6 is 34.2 Å². The number of fused-ring (bicyclic) bond motifs is 1. The Hall–Kier alpha value is -1.14. The fraction of sp³-hybridized carbons (Fsp3) is 0.143. The molecule has 19 heavy (non-hydrogen) atoms. The molecule has 0 saturated heterocycles. The van der Waals surface area contributed by atoms with E-state index in [0.29, 0.717) is 0 Å². The minimum Gasteiger partial charge on any atom is -0.279 e. The molecule has 1 aromatic carbocycles. The van der Waals surface area contributed by atoms with Gasteiger partial charge in [0.05, 0.1) is 5.38 Å². The molecule has 0 saturated carbocycles. The summed E-state index contributed by atoms with van der Waals surface area (Å²) in [5.41, 5.74) is 2.74. The summed E-state index contributed by atoms with van der Waals surface area (Å²) in [6.07, 6.45) is 1.77. The highest BCUT2D eigenvalue weighted by Gasteiger charge is 2.16. The van der Waals surface area contributed by atoms with E-state index in [1.807, 2.05) is 35.8 Å². The van der Waals surface area contributed by atoms with E-state index in [1.165, 1.54) is 3.57 Å². The molecule has 0 radical (unpaired) electrons. The first kappa shape index (κ1) is 12.9. The van der Waals surface area contributed by atoms with Crippen LogP contribution in [0.5, 0.6) is 0 Å². The van der Waals surface area contributed by atoms with Crippen LogP contribution in [0, 0.1) is 3.57 Å². The predicted molar refractivity (Wildman–Crippen MR) is 85.9 cm³/mol. The van der Waals surface area contributed by atoms with E-state index in [0.717, 1.165) is 22.7 Å². The maximum atomic E-state index is 6.26. The van der Waals surface area contributed by atoms with Crippen LogP contribution in [-0.2, 0) is 0 Å². The lowest BCUT2D eigenvalue weighted by molar-refractivity contribution is 0.876. The quantitative estimate of drug-likeness (QED) is 0.487. The van der Waals surface area contributed by atoms with Gasteiger partial charge in [-0.3, -0.25) is 4.57 Å². The van der Waals surface area contributed by atoms with Gasteiger partial charge in [0, 0.05) is 15.5 Å². The Kier molecular flexibility index (Phi) is 3.45. The number of aromatic nitrogens is 3. The Labute approximate surface area is 129 Å². The molecule has 3 rings (SSSR count). The van der Waals surface area contributed by atoms with Crippen molar-refractivity contribution < 1.29 is 0 Å². The second-order valence-corrected chi connectivity index (χ2v) is 6.15. The number of hydrogen-bond acceptors (Lipinski definition) is 2. The van der Waals surface area contributed by atoms with E-state index in [4.69, 9.17) is 11.6 Å². The SMILES string of the molecule is CC(Cl)c1nc2cccnc2n1-c1cccc(I)c1. The van der Waals surface area contributed by atoms with E-state index in [1.54, 1.807) is 6.20 Å². The molecule has 0 aliphatic heterocycles. The molecule has 0 aliphatic rings. The first-order valence-electron chi connectivity index (χ1n) is 5.90. The summed E-state index contributed by atoms with van der Waals surface area (Å²) in [6, 6.07) is 12.1. The van der Waals surface area contributed by atoms with E-state index in [-0.39, 0.29) is 5.38 Å². The number of nitrogens with zero attached hydrogens (tertiary/aromatic N) is 3. The Morgan fingerprint density at radius 3 is 2.84 bits per heavy atom. The maximum absolute atomic E-state index is 6.26. The van der Waals surface area contributed by atoms with Crippen LogP contribution in [0.25, 0.3) is 16.9 Å². The van der Waals surface area contributed by atoms with E-state index < -0.39 is 0 Å². The number of rotatable bonds is 2. The fourth-order valence-corrected chi connectivity index (χ4v) is 2.74. The minimum absolute atomic E-state index is 0.174. The molecule has 96 valence electrons. The highest BCUT2D eigenvalue weighted by atomic mass is 127. The monoisotopic (exact) mass is 383 g/mol. The van der Waals surface area contributed by atoms with Crippen molar-refractivity contribution in [1.82, 2.24) is 14.5 Å². The van der Waals surface area contributed by atoms with Crippen molar-refractivity contribution in [3.63, 3.8) is 0 Å².